The number of benzene rings is 2. The summed E-state index contributed by atoms with van der Waals surface area (Å²) >= 11 is 0. The maximum Gasteiger partial charge on any atom is 0.338 e. The first-order chi connectivity index (χ1) is 13.5. The molecule has 2 aliphatic heterocycles. The number of carbonyl (C=O) groups is 3. The summed E-state index contributed by atoms with van der Waals surface area (Å²) in [7, 11) is 0. The number of anilines is 1. The number of para-hydroxylation sites is 1. The number of nitrogens with zero attached hydrogens (tertiary/aromatic N) is 1. The highest BCUT2D eigenvalue weighted by molar-refractivity contribution is 6.00. The van der Waals surface area contributed by atoms with Crippen LogP contribution in [0.4, 0.5) is 10.5 Å². The van der Waals surface area contributed by atoms with E-state index in [1.54, 1.807) is 24.3 Å². The van der Waals surface area contributed by atoms with Crippen molar-refractivity contribution in [2.45, 2.75) is 13.0 Å². The maximum absolute atomic E-state index is 12.7. The topological polar surface area (TPSA) is 87.7 Å². The molecule has 0 aliphatic carbocycles. The summed E-state index contributed by atoms with van der Waals surface area (Å²) in [5.41, 5.74) is 3.31. The minimum absolute atomic E-state index is 0.0252. The van der Waals surface area contributed by atoms with Gasteiger partial charge in [-0.05, 0) is 24.6 Å². The van der Waals surface area contributed by atoms with Crippen LogP contribution in [0.2, 0.25) is 0 Å². The molecule has 2 aromatic rings. The van der Waals surface area contributed by atoms with Crippen LogP contribution < -0.4 is 10.6 Å². The molecule has 0 spiro atoms. The van der Waals surface area contributed by atoms with Crippen LogP contribution in [-0.2, 0) is 14.3 Å². The van der Waals surface area contributed by atoms with Crippen molar-refractivity contribution >= 4 is 23.6 Å². The third-order valence-corrected chi connectivity index (χ3v) is 4.77. The van der Waals surface area contributed by atoms with Gasteiger partial charge in [0, 0.05) is 5.69 Å². The number of cyclic esters (lactones) is 1. The lowest BCUT2D eigenvalue weighted by Crippen LogP contribution is -2.49. The fraction of sp³-hybridized carbons (Fsp3) is 0.190. The van der Waals surface area contributed by atoms with Crippen molar-refractivity contribution in [1.29, 1.82) is 0 Å². The summed E-state index contributed by atoms with van der Waals surface area (Å²) in [4.78, 5) is 38.7. The molecule has 2 heterocycles. The molecule has 0 bridgehead atoms. The van der Waals surface area contributed by atoms with E-state index in [9.17, 15) is 14.4 Å². The van der Waals surface area contributed by atoms with Crippen molar-refractivity contribution in [3.63, 3.8) is 0 Å². The number of hydrogen-bond donors (Lipinski definition) is 2. The highest BCUT2D eigenvalue weighted by atomic mass is 16.5. The molecule has 28 heavy (non-hydrogen) atoms. The van der Waals surface area contributed by atoms with Gasteiger partial charge >= 0.3 is 12.0 Å². The van der Waals surface area contributed by atoms with Gasteiger partial charge in [0.05, 0.1) is 17.3 Å². The maximum atomic E-state index is 12.7. The van der Waals surface area contributed by atoms with E-state index >= 15 is 0 Å². The Hall–Kier alpha value is -3.61. The fourth-order valence-electron chi connectivity index (χ4n) is 3.35. The number of urea groups is 1. The number of nitrogens with one attached hydrogen (secondary N) is 2. The first-order valence-electron chi connectivity index (χ1n) is 8.92. The zero-order chi connectivity index (χ0) is 19.7. The number of esters is 1. The first-order valence-corrected chi connectivity index (χ1v) is 8.92. The Morgan fingerprint density at radius 2 is 1.86 bits per heavy atom. The molecule has 2 N–H and O–H groups in total. The van der Waals surface area contributed by atoms with Gasteiger partial charge in [0.15, 0.2) is 0 Å². The number of rotatable bonds is 4. The van der Waals surface area contributed by atoms with Gasteiger partial charge in [-0.25, -0.2) is 9.59 Å². The van der Waals surface area contributed by atoms with Crippen LogP contribution in [0.1, 0.15) is 17.2 Å². The summed E-state index contributed by atoms with van der Waals surface area (Å²) < 4.78 is 5.18. The van der Waals surface area contributed by atoms with Gasteiger partial charge in [0.2, 0.25) is 5.91 Å². The van der Waals surface area contributed by atoms with E-state index in [1.807, 2.05) is 37.3 Å². The van der Waals surface area contributed by atoms with Crippen LogP contribution in [-0.4, -0.2) is 36.0 Å². The fourth-order valence-corrected chi connectivity index (χ4v) is 3.35. The summed E-state index contributed by atoms with van der Waals surface area (Å²) in [6.45, 7) is 1.73. The van der Waals surface area contributed by atoms with Crippen LogP contribution in [0.15, 0.2) is 65.9 Å². The monoisotopic (exact) mass is 377 g/mol. The number of aryl methyl sites for hydroxylation is 1. The zero-order valence-electron chi connectivity index (χ0n) is 15.3. The minimum Gasteiger partial charge on any atom is -0.456 e. The Labute approximate surface area is 162 Å². The Morgan fingerprint density at radius 3 is 2.57 bits per heavy atom. The summed E-state index contributed by atoms with van der Waals surface area (Å²) in [6.07, 6.45) is 0. The zero-order valence-corrected chi connectivity index (χ0v) is 15.3. The van der Waals surface area contributed by atoms with E-state index < -0.39 is 18.0 Å². The van der Waals surface area contributed by atoms with E-state index in [4.69, 9.17) is 4.74 Å². The van der Waals surface area contributed by atoms with E-state index in [1.165, 1.54) is 4.90 Å². The summed E-state index contributed by atoms with van der Waals surface area (Å²) in [6, 6.07) is 15.5. The van der Waals surface area contributed by atoms with Crippen molar-refractivity contribution in [2.75, 3.05) is 18.5 Å². The van der Waals surface area contributed by atoms with Crippen LogP contribution in [0.5, 0.6) is 0 Å². The third-order valence-electron chi connectivity index (χ3n) is 4.77. The molecule has 0 fully saturated rings. The van der Waals surface area contributed by atoms with Gasteiger partial charge in [-0.2, -0.15) is 0 Å². The molecule has 7 nitrogen and oxygen atoms in total. The third kappa shape index (κ3) is 3.34. The number of amides is 3. The highest BCUT2D eigenvalue weighted by Gasteiger charge is 2.42. The van der Waals surface area contributed by atoms with Crippen LogP contribution in [0.25, 0.3) is 0 Å². The van der Waals surface area contributed by atoms with Gasteiger partial charge in [-0.15, -0.1) is 0 Å². The van der Waals surface area contributed by atoms with E-state index in [0.29, 0.717) is 17.0 Å². The molecule has 2 aliphatic rings. The van der Waals surface area contributed by atoms with Gasteiger partial charge in [-0.3, -0.25) is 9.69 Å². The van der Waals surface area contributed by atoms with Crippen molar-refractivity contribution in [2.24, 2.45) is 0 Å². The lowest BCUT2D eigenvalue weighted by Gasteiger charge is -2.32. The SMILES string of the molecule is Cc1ccc([C@@H]2NC(=O)N(CC(=O)Nc3ccccc3)C3=C2C(=O)OC3)cc1. The second-order valence-corrected chi connectivity index (χ2v) is 6.73. The van der Waals surface area contributed by atoms with E-state index in [-0.39, 0.29) is 19.1 Å². The minimum atomic E-state index is -0.591. The van der Waals surface area contributed by atoms with Crippen molar-refractivity contribution < 1.29 is 19.1 Å². The van der Waals surface area contributed by atoms with Crippen molar-refractivity contribution in [3.05, 3.63) is 77.0 Å². The first kappa shape index (κ1) is 17.8. The highest BCUT2D eigenvalue weighted by Crippen LogP contribution is 2.35. The summed E-state index contributed by atoms with van der Waals surface area (Å²) in [5.74, 6) is -0.838. The smallest absolute Gasteiger partial charge is 0.338 e. The molecule has 4 rings (SSSR count). The molecule has 0 aromatic heterocycles. The van der Waals surface area contributed by atoms with Gasteiger partial charge in [0.1, 0.15) is 13.2 Å². The molecule has 142 valence electrons. The number of ether oxygens (including phenoxy) is 1. The predicted molar refractivity (Wildman–Crippen MR) is 102 cm³/mol. The molecule has 2 aromatic carbocycles. The van der Waals surface area contributed by atoms with Crippen LogP contribution >= 0.6 is 0 Å². The predicted octanol–water partition coefficient (Wildman–Crippen LogP) is 2.51. The molecule has 0 radical (unpaired) electrons. The van der Waals surface area contributed by atoms with E-state index in [0.717, 1.165) is 11.1 Å². The molecule has 0 unspecified atom stereocenters. The average molecular weight is 377 g/mol. The largest absolute Gasteiger partial charge is 0.456 e. The molecule has 1 atom stereocenters. The standard InChI is InChI=1S/C21H19N3O4/c1-13-7-9-14(10-8-13)19-18-16(12-28-20(18)26)24(21(27)23-19)11-17(25)22-15-5-3-2-4-6-15/h2-10,19H,11-12H2,1H3,(H,22,25)(H,23,27)/t19-/m0/s1. The number of carbonyl (C=O) groups excluding carboxylic acids is 3. The van der Waals surface area contributed by atoms with Crippen molar-refractivity contribution in [3.8, 4) is 0 Å². The average Bonchev–Trinajstić information content (AvgIpc) is 3.07. The Kier molecular flexibility index (Phi) is 4.57. The van der Waals surface area contributed by atoms with Gasteiger partial charge in [0.25, 0.3) is 0 Å². The van der Waals surface area contributed by atoms with Gasteiger partial charge < -0.3 is 15.4 Å². The van der Waals surface area contributed by atoms with Crippen molar-refractivity contribution in [1.82, 2.24) is 10.2 Å². The van der Waals surface area contributed by atoms with Crippen LogP contribution in [0.3, 0.4) is 0 Å². The second-order valence-electron chi connectivity index (χ2n) is 6.73. The van der Waals surface area contributed by atoms with Crippen LogP contribution in [0, 0.1) is 6.92 Å². The molecular formula is C21H19N3O4. The Bertz CT molecular complexity index is 967. The Morgan fingerprint density at radius 1 is 1.14 bits per heavy atom. The lowest BCUT2D eigenvalue weighted by molar-refractivity contribution is -0.136. The normalized spacial score (nSPS) is 18.5. The number of hydrogen-bond acceptors (Lipinski definition) is 4. The quantitative estimate of drug-likeness (QED) is 0.802. The lowest BCUT2D eigenvalue weighted by atomic mass is 9.95. The molecule has 7 heteroatoms. The second kappa shape index (κ2) is 7.19. The molecular weight excluding hydrogens is 358 g/mol. The molecule has 3 amide bonds. The van der Waals surface area contributed by atoms with E-state index in [2.05, 4.69) is 10.6 Å². The summed E-state index contributed by atoms with van der Waals surface area (Å²) in [5, 5.41) is 5.56. The molecule has 0 saturated carbocycles. The Balaban J connectivity index is 1.60. The van der Waals surface area contributed by atoms with Gasteiger partial charge in [-0.1, -0.05) is 48.0 Å². The molecule has 0 saturated heterocycles.